The highest BCUT2D eigenvalue weighted by Gasteiger charge is 2.20. The van der Waals surface area contributed by atoms with E-state index in [1.165, 1.54) is 143 Å². The van der Waals surface area contributed by atoms with Crippen molar-refractivity contribution in [3.63, 3.8) is 0 Å². The van der Waals surface area contributed by atoms with Crippen LogP contribution in [0, 0.1) is 0 Å². The van der Waals surface area contributed by atoms with E-state index in [-0.39, 0.29) is 0 Å². The summed E-state index contributed by atoms with van der Waals surface area (Å²) in [5.41, 5.74) is 19.1. The number of rotatable bonds is 8. The maximum Gasteiger partial charge on any atom is -0.00264 e. The zero-order chi connectivity index (χ0) is 49.0. The molecule has 0 saturated carbocycles. The van der Waals surface area contributed by atoms with Crippen molar-refractivity contribution >= 4 is 53.9 Å². The normalized spacial score (nSPS) is 11.5. The monoisotopic (exact) mass is 936 g/mol. The molecule has 0 radical (unpaired) electrons. The average molecular weight is 937 g/mol. The van der Waals surface area contributed by atoms with Crippen molar-refractivity contribution in [3.8, 4) is 89.0 Å². The van der Waals surface area contributed by atoms with Gasteiger partial charge in [-0.15, -0.1) is 0 Å². The van der Waals surface area contributed by atoms with Gasteiger partial charge in [0.05, 0.1) is 0 Å². The number of hydrogen-bond donors (Lipinski definition) is 0. The van der Waals surface area contributed by atoms with Gasteiger partial charge >= 0.3 is 0 Å². The highest BCUT2D eigenvalue weighted by molar-refractivity contribution is 6.13. The van der Waals surface area contributed by atoms with Gasteiger partial charge in [0.25, 0.3) is 0 Å². The lowest BCUT2D eigenvalue weighted by atomic mass is 9.83. The molecule has 0 aliphatic carbocycles. The lowest BCUT2D eigenvalue weighted by Crippen LogP contribution is -1.94. The van der Waals surface area contributed by atoms with E-state index in [0.717, 1.165) is 0 Å². The van der Waals surface area contributed by atoms with Crippen LogP contribution in [0.3, 0.4) is 0 Å². The van der Waals surface area contributed by atoms with Crippen LogP contribution in [0.2, 0.25) is 0 Å². The molecule has 0 aliphatic rings. The first-order valence-corrected chi connectivity index (χ1v) is 25.6. The molecule has 0 unspecified atom stereocenters. The smallest absolute Gasteiger partial charge is 0.00264 e. The Hall–Kier alpha value is -9.62. The lowest BCUT2D eigenvalue weighted by molar-refractivity contribution is 1.57. The molecule has 0 amide bonds. The molecule has 0 aliphatic heterocycles. The fraction of sp³-hybridized carbons (Fsp3) is 0. The predicted octanol–water partition coefficient (Wildman–Crippen LogP) is 20.8. The summed E-state index contributed by atoms with van der Waals surface area (Å²) in [6.45, 7) is 0. The summed E-state index contributed by atoms with van der Waals surface area (Å²) < 4.78 is 0. The van der Waals surface area contributed by atoms with Crippen LogP contribution in [0.25, 0.3) is 143 Å². The van der Waals surface area contributed by atoms with Gasteiger partial charge in [0.15, 0.2) is 0 Å². The zero-order valence-corrected chi connectivity index (χ0v) is 40.7. The average Bonchev–Trinajstić information content (AvgIpc) is 3.50. The molecule has 14 aromatic rings. The van der Waals surface area contributed by atoms with E-state index in [9.17, 15) is 0 Å². The molecule has 344 valence electrons. The van der Waals surface area contributed by atoms with E-state index in [0.29, 0.717) is 0 Å². The molecule has 0 nitrogen and oxygen atoms in total. The SMILES string of the molecule is c1cc(-c2ccc3ccccc3c2)cc(-c2ccc3c(-c4cccc(-c5ccc6ccccc6c5)c4)c(-c4cccc(-c5ccc6ccccc6c5)c4)ccc3c2-c2cccc(-c3ccc4ccccc4c3)c2)c1. The molecule has 14 rings (SSSR count). The van der Waals surface area contributed by atoms with Crippen molar-refractivity contribution in [3.05, 3.63) is 291 Å². The van der Waals surface area contributed by atoms with Crippen LogP contribution < -0.4 is 0 Å². The van der Waals surface area contributed by atoms with Crippen LogP contribution in [0.4, 0.5) is 0 Å². The van der Waals surface area contributed by atoms with Gasteiger partial charge in [-0.25, -0.2) is 0 Å². The van der Waals surface area contributed by atoms with Gasteiger partial charge in [0, 0.05) is 0 Å². The lowest BCUT2D eigenvalue weighted by Gasteiger charge is -2.21. The summed E-state index contributed by atoms with van der Waals surface area (Å²) in [6, 6.07) is 108. The highest BCUT2D eigenvalue weighted by Crippen LogP contribution is 2.47. The Kier molecular flexibility index (Phi) is 10.6. The van der Waals surface area contributed by atoms with Crippen LogP contribution in [0.1, 0.15) is 0 Å². The molecule has 0 N–H and O–H groups in total. The Morgan fingerprint density at radius 2 is 0.378 bits per heavy atom. The van der Waals surface area contributed by atoms with Crippen LogP contribution in [-0.2, 0) is 0 Å². The van der Waals surface area contributed by atoms with E-state index < -0.39 is 0 Å². The highest BCUT2D eigenvalue weighted by atomic mass is 14.2. The van der Waals surface area contributed by atoms with Crippen LogP contribution in [0.5, 0.6) is 0 Å². The number of hydrogen-bond acceptors (Lipinski definition) is 0. The van der Waals surface area contributed by atoms with Crippen molar-refractivity contribution in [1.29, 1.82) is 0 Å². The first kappa shape index (κ1) is 43.2. The van der Waals surface area contributed by atoms with Gasteiger partial charge in [0.2, 0.25) is 0 Å². The Morgan fingerprint density at radius 3 is 0.689 bits per heavy atom. The fourth-order valence-corrected chi connectivity index (χ4v) is 11.4. The van der Waals surface area contributed by atoms with Crippen molar-refractivity contribution in [2.75, 3.05) is 0 Å². The minimum absolute atomic E-state index is 1.18. The maximum atomic E-state index is 2.40. The molecule has 0 spiro atoms. The summed E-state index contributed by atoms with van der Waals surface area (Å²) in [6.07, 6.45) is 0. The molecular weight excluding hydrogens is 889 g/mol. The molecule has 0 heteroatoms. The topological polar surface area (TPSA) is 0 Å². The minimum Gasteiger partial charge on any atom is -0.0616 e. The first-order chi connectivity index (χ1) is 36.6. The summed E-state index contributed by atoms with van der Waals surface area (Å²) in [7, 11) is 0. The second kappa shape index (κ2) is 18.2. The van der Waals surface area contributed by atoms with Gasteiger partial charge in [-0.1, -0.05) is 243 Å². The molecule has 0 heterocycles. The predicted molar refractivity (Wildman–Crippen MR) is 317 cm³/mol. The standard InChI is InChI=1S/C74H48/c1-5-17-53-41-61(33-29-49(53)13-1)57-21-9-25-65(45-57)69-37-39-72-71(73(69)67-27-11-23-59(47-67)63-35-31-51-15-3-7-19-55(51)43-63)40-38-70(66-26-10-22-58(46-66)62-34-30-50-14-2-6-18-54(50)42-62)74(72)68-28-12-24-60(48-68)64-36-32-52-16-4-8-20-56(52)44-64/h1-48H. The van der Waals surface area contributed by atoms with Crippen molar-refractivity contribution in [1.82, 2.24) is 0 Å². The van der Waals surface area contributed by atoms with Gasteiger partial charge in [-0.3, -0.25) is 0 Å². The Balaban J connectivity index is 1.01. The summed E-state index contributed by atoms with van der Waals surface area (Å²) in [5, 5.41) is 12.3. The Bertz CT molecular complexity index is 4210. The molecule has 0 fully saturated rings. The second-order valence-corrected chi connectivity index (χ2v) is 19.6. The molecule has 0 saturated heterocycles. The molecule has 74 heavy (non-hydrogen) atoms. The van der Waals surface area contributed by atoms with E-state index >= 15 is 0 Å². The van der Waals surface area contributed by atoms with E-state index in [1.807, 2.05) is 0 Å². The largest absolute Gasteiger partial charge is 0.0616 e. The second-order valence-electron chi connectivity index (χ2n) is 19.6. The van der Waals surface area contributed by atoms with Gasteiger partial charge in [0.1, 0.15) is 0 Å². The summed E-state index contributed by atoms with van der Waals surface area (Å²) >= 11 is 0. The van der Waals surface area contributed by atoms with E-state index in [1.54, 1.807) is 0 Å². The maximum absolute atomic E-state index is 2.40. The fourth-order valence-electron chi connectivity index (χ4n) is 11.4. The number of fused-ring (bicyclic) bond motifs is 5. The zero-order valence-electron chi connectivity index (χ0n) is 40.7. The van der Waals surface area contributed by atoms with Crippen molar-refractivity contribution in [2.45, 2.75) is 0 Å². The summed E-state index contributed by atoms with van der Waals surface area (Å²) in [4.78, 5) is 0. The molecule has 0 aromatic heterocycles. The van der Waals surface area contributed by atoms with Gasteiger partial charge in [-0.05, 0) is 191 Å². The third-order valence-corrected chi connectivity index (χ3v) is 15.2. The summed E-state index contributed by atoms with van der Waals surface area (Å²) in [5.74, 6) is 0. The first-order valence-electron chi connectivity index (χ1n) is 25.6. The van der Waals surface area contributed by atoms with E-state index in [2.05, 4.69) is 291 Å². The van der Waals surface area contributed by atoms with Crippen LogP contribution in [-0.4, -0.2) is 0 Å². The molecule has 0 atom stereocenters. The molecule has 0 bridgehead atoms. The molecule has 14 aromatic carbocycles. The van der Waals surface area contributed by atoms with Gasteiger partial charge in [-0.2, -0.15) is 0 Å². The minimum atomic E-state index is 1.18. The van der Waals surface area contributed by atoms with Crippen LogP contribution in [0.15, 0.2) is 291 Å². The van der Waals surface area contributed by atoms with Gasteiger partial charge < -0.3 is 0 Å². The van der Waals surface area contributed by atoms with Crippen molar-refractivity contribution in [2.24, 2.45) is 0 Å². The third-order valence-electron chi connectivity index (χ3n) is 15.2. The third kappa shape index (κ3) is 7.91. The Morgan fingerprint density at radius 1 is 0.135 bits per heavy atom. The van der Waals surface area contributed by atoms with Crippen molar-refractivity contribution < 1.29 is 0 Å². The Labute approximate surface area is 431 Å². The quantitative estimate of drug-likeness (QED) is 0.142. The van der Waals surface area contributed by atoms with E-state index in [4.69, 9.17) is 0 Å². The molecular formula is C74H48. The number of benzene rings is 14. The van der Waals surface area contributed by atoms with Crippen LogP contribution >= 0.6 is 0 Å².